The van der Waals surface area contributed by atoms with Gasteiger partial charge in [0.05, 0.1) is 4.88 Å². The summed E-state index contributed by atoms with van der Waals surface area (Å²) in [4.78, 5) is 14.7. The molecule has 0 aliphatic heterocycles. The first-order valence-corrected chi connectivity index (χ1v) is 8.03. The second kappa shape index (κ2) is 5.01. The molecule has 1 amide bonds. The van der Waals surface area contributed by atoms with E-state index in [2.05, 4.69) is 23.5 Å². The number of nitrogens with one attached hydrogen (secondary N) is 1. The first-order valence-electron chi connectivity index (χ1n) is 7.22. The highest BCUT2D eigenvalue weighted by molar-refractivity contribution is 7.14. The second-order valence-corrected chi connectivity index (χ2v) is 6.53. The Morgan fingerprint density at radius 3 is 2.81 bits per heavy atom. The highest BCUT2D eigenvalue weighted by Crippen LogP contribution is 2.31. The van der Waals surface area contributed by atoms with Gasteiger partial charge in [0.2, 0.25) is 0 Å². The van der Waals surface area contributed by atoms with Crippen molar-refractivity contribution in [3.8, 4) is 0 Å². The van der Waals surface area contributed by atoms with E-state index in [1.54, 1.807) is 11.3 Å². The van der Waals surface area contributed by atoms with Gasteiger partial charge in [-0.15, -0.1) is 11.3 Å². The lowest BCUT2D eigenvalue weighted by Gasteiger charge is -2.07. The number of benzene rings is 2. The maximum atomic E-state index is 12.5. The van der Waals surface area contributed by atoms with Gasteiger partial charge in [0, 0.05) is 16.0 Å². The predicted octanol–water partition coefficient (Wildman–Crippen LogP) is 4.64. The van der Waals surface area contributed by atoms with E-state index in [1.807, 2.05) is 30.3 Å². The number of rotatable bonds is 2. The van der Waals surface area contributed by atoms with Crippen LogP contribution in [0.3, 0.4) is 0 Å². The fourth-order valence-electron chi connectivity index (χ4n) is 2.96. The molecule has 0 spiro atoms. The molecule has 1 aliphatic rings. The Hall–Kier alpha value is -2.13. The Labute approximate surface area is 127 Å². The zero-order valence-corrected chi connectivity index (χ0v) is 12.4. The van der Waals surface area contributed by atoms with E-state index in [0.717, 1.165) is 34.2 Å². The SMILES string of the molecule is O=C(Nc1cccc2ccccc12)c1cc2c(s1)CCC2. The zero-order valence-electron chi connectivity index (χ0n) is 11.6. The molecule has 0 saturated carbocycles. The number of amides is 1. The molecule has 1 aliphatic carbocycles. The molecule has 0 radical (unpaired) electrons. The number of carbonyl (C=O) groups is 1. The first kappa shape index (κ1) is 12.6. The minimum atomic E-state index is 0.00533. The average molecular weight is 293 g/mol. The average Bonchev–Trinajstić information content (AvgIpc) is 3.09. The molecular weight excluding hydrogens is 278 g/mol. The van der Waals surface area contributed by atoms with Gasteiger partial charge in [0.1, 0.15) is 0 Å². The van der Waals surface area contributed by atoms with Crippen molar-refractivity contribution >= 4 is 33.7 Å². The van der Waals surface area contributed by atoms with Crippen molar-refractivity contribution in [1.29, 1.82) is 0 Å². The number of fused-ring (bicyclic) bond motifs is 2. The van der Waals surface area contributed by atoms with Gasteiger partial charge in [-0.3, -0.25) is 4.79 Å². The van der Waals surface area contributed by atoms with Gasteiger partial charge in [-0.1, -0.05) is 36.4 Å². The summed E-state index contributed by atoms with van der Waals surface area (Å²) in [7, 11) is 0. The molecule has 0 bridgehead atoms. The fraction of sp³-hybridized carbons (Fsp3) is 0.167. The van der Waals surface area contributed by atoms with E-state index in [1.165, 1.54) is 16.9 Å². The van der Waals surface area contributed by atoms with Gasteiger partial charge >= 0.3 is 0 Å². The Morgan fingerprint density at radius 1 is 1.05 bits per heavy atom. The molecule has 2 nitrogen and oxygen atoms in total. The standard InChI is InChI=1S/C18H15NOS/c20-18(17-11-13-7-4-10-16(13)21-17)19-15-9-3-6-12-5-1-2-8-14(12)15/h1-3,5-6,8-9,11H,4,7,10H2,(H,19,20). The summed E-state index contributed by atoms with van der Waals surface area (Å²) in [5.41, 5.74) is 2.25. The van der Waals surface area contributed by atoms with Gasteiger partial charge in [-0.25, -0.2) is 0 Å². The van der Waals surface area contributed by atoms with Crippen LogP contribution in [-0.2, 0) is 12.8 Å². The van der Waals surface area contributed by atoms with Gasteiger partial charge in [0.25, 0.3) is 5.91 Å². The van der Waals surface area contributed by atoms with Gasteiger partial charge in [0.15, 0.2) is 0 Å². The Bertz CT molecular complexity index is 807. The van der Waals surface area contributed by atoms with Crippen LogP contribution in [0.5, 0.6) is 0 Å². The summed E-state index contributed by atoms with van der Waals surface area (Å²) in [6.07, 6.45) is 3.47. The predicted molar refractivity (Wildman–Crippen MR) is 88.2 cm³/mol. The number of anilines is 1. The highest BCUT2D eigenvalue weighted by Gasteiger charge is 2.18. The summed E-state index contributed by atoms with van der Waals surface area (Å²) >= 11 is 1.64. The number of thiophene rings is 1. The third kappa shape index (κ3) is 2.24. The second-order valence-electron chi connectivity index (χ2n) is 5.39. The van der Waals surface area contributed by atoms with Crippen molar-refractivity contribution in [2.75, 3.05) is 5.32 Å². The summed E-state index contributed by atoms with van der Waals surface area (Å²) < 4.78 is 0. The van der Waals surface area contributed by atoms with Crippen LogP contribution in [0, 0.1) is 0 Å². The smallest absolute Gasteiger partial charge is 0.265 e. The van der Waals surface area contributed by atoms with Crippen LogP contribution < -0.4 is 5.32 Å². The van der Waals surface area contributed by atoms with Crippen molar-refractivity contribution in [2.24, 2.45) is 0 Å². The number of hydrogen-bond acceptors (Lipinski definition) is 2. The molecular formula is C18H15NOS. The molecule has 1 heterocycles. The summed E-state index contributed by atoms with van der Waals surface area (Å²) in [5, 5.41) is 5.28. The molecule has 1 aromatic heterocycles. The van der Waals surface area contributed by atoms with Gasteiger partial charge < -0.3 is 5.32 Å². The lowest BCUT2D eigenvalue weighted by Crippen LogP contribution is -2.10. The molecule has 104 valence electrons. The molecule has 4 rings (SSSR count). The van der Waals surface area contributed by atoms with Crippen LogP contribution in [0.15, 0.2) is 48.5 Å². The number of carbonyl (C=O) groups excluding carboxylic acids is 1. The Balaban J connectivity index is 1.66. The fourth-order valence-corrected chi connectivity index (χ4v) is 4.11. The van der Waals surface area contributed by atoms with E-state index >= 15 is 0 Å². The number of aryl methyl sites for hydroxylation is 2. The van der Waals surface area contributed by atoms with Crippen LogP contribution in [-0.4, -0.2) is 5.91 Å². The van der Waals surface area contributed by atoms with Gasteiger partial charge in [-0.05, 0) is 42.3 Å². The third-order valence-corrected chi connectivity index (χ3v) is 5.24. The maximum absolute atomic E-state index is 12.5. The third-order valence-electron chi connectivity index (χ3n) is 4.01. The molecule has 2 aromatic carbocycles. The van der Waals surface area contributed by atoms with E-state index < -0.39 is 0 Å². The number of hydrogen-bond donors (Lipinski definition) is 1. The first-order chi connectivity index (χ1) is 10.3. The molecule has 21 heavy (non-hydrogen) atoms. The van der Waals surface area contributed by atoms with E-state index in [9.17, 15) is 4.79 Å². The van der Waals surface area contributed by atoms with Gasteiger partial charge in [-0.2, -0.15) is 0 Å². The van der Waals surface area contributed by atoms with Crippen molar-refractivity contribution in [3.63, 3.8) is 0 Å². The molecule has 0 unspecified atom stereocenters. The lowest BCUT2D eigenvalue weighted by atomic mass is 10.1. The summed E-state index contributed by atoms with van der Waals surface area (Å²) in [5.74, 6) is 0.00533. The zero-order chi connectivity index (χ0) is 14.2. The van der Waals surface area contributed by atoms with Crippen LogP contribution >= 0.6 is 11.3 Å². The largest absolute Gasteiger partial charge is 0.321 e. The van der Waals surface area contributed by atoms with Crippen LogP contribution in [0.25, 0.3) is 10.8 Å². The van der Waals surface area contributed by atoms with Crippen molar-refractivity contribution < 1.29 is 4.79 Å². The van der Waals surface area contributed by atoms with E-state index in [-0.39, 0.29) is 5.91 Å². The van der Waals surface area contributed by atoms with Crippen LogP contribution in [0.4, 0.5) is 5.69 Å². The van der Waals surface area contributed by atoms with Crippen molar-refractivity contribution in [2.45, 2.75) is 19.3 Å². The highest BCUT2D eigenvalue weighted by atomic mass is 32.1. The quantitative estimate of drug-likeness (QED) is 0.732. The van der Waals surface area contributed by atoms with E-state index in [4.69, 9.17) is 0 Å². The maximum Gasteiger partial charge on any atom is 0.265 e. The molecule has 0 saturated heterocycles. The van der Waals surface area contributed by atoms with E-state index in [0.29, 0.717) is 0 Å². The van der Waals surface area contributed by atoms with Crippen LogP contribution in [0.2, 0.25) is 0 Å². The Morgan fingerprint density at radius 2 is 1.90 bits per heavy atom. The topological polar surface area (TPSA) is 29.1 Å². The summed E-state index contributed by atoms with van der Waals surface area (Å²) in [6.45, 7) is 0. The monoisotopic (exact) mass is 293 g/mol. The molecule has 3 aromatic rings. The van der Waals surface area contributed by atoms with Crippen molar-refractivity contribution in [3.05, 3.63) is 63.8 Å². The van der Waals surface area contributed by atoms with Crippen molar-refractivity contribution in [1.82, 2.24) is 0 Å². The minimum Gasteiger partial charge on any atom is -0.321 e. The molecule has 1 N–H and O–H groups in total. The summed E-state index contributed by atoms with van der Waals surface area (Å²) in [6, 6.07) is 16.2. The Kier molecular flexibility index (Phi) is 3.00. The molecule has 0 atom stereocenters. The minimum absolute atomic E-state index is 0.00533. The molecule has 0 fully saturated rings. The van der Waals surface area contributed by atoms with Crippen LogP contribution in [0.1, 0.15) is 26.5 Å². The normalized spacial score (nSPS) is 13.3. The lowest BCUT2D eigenvalue weighted by molar-refractivity contribution is 0.103. The molecule has 3 heteroatoms.